The van der Waals surface area contributed by atoms with Crippen LogP contribution in [0.5, 0.6) is 0 Å². The van der Waals surface area contributed by atoms with Crippen LogP contribution in [0.15, 0.2) is 66.1 Å². The van der Waals surface area contributed by atoms with E-state index in [4.69, 9.17) is 5.11 Å². The average Bonchev–Trinajstić information content (AvgIpc) is 2.98. The zero-order valence-electron chi connectivity index (χ0n) is 21.8. The van der Waals surface area contributed by atoms with E-state index in [-0.39, 0.29) is 41.9 Å². The molecule has 12 heteroatoms. The third-order valence-corrected chi connectivity index (χ3v) is 6.71. The molecule has 1 fully saturated rings. The van der Waals surface area contributed by atoms with Crippen molar-refractivity contribution < 1.29 is 15.0 Å². The summed E-state index contributed by atoms with van der Waals surface area (Å²) in [6, 6.07) is 12.7. The van der Waals surface area contributed by atoms with Gasteiger partial charge in [-0.1, -0.05) is 18.7 Å². The maximum atomic E-state index is 12.8. The number of benzene rings is 2. The van der Waals surface area contributed by atoms with Crippen molar-refractivity contribution in [3.63, 3.8) is 0 Å². The molecule has 5 rings (SSSR count). The summed E-state index contributed by atoms with van der Waals surface area (Å²) >= 11 is 0. The minimum absolute atomic E-state index is 0.153. The molecule has 0 atom stereocenters. The van der Waals surface area contributed by atoms with Crippen LogP contribution >= 0.6 is 0 Å². The van der Waals surface area contributed by atoms with E-state index in [1.54, 1.807) is 24.3 Å². The van der Waals surface area contributed by atoms with Gasteiger partial charge < -0.3 is 30.7 Å². The van der Waals surface area contributed by atoms with Crippen LogP contribution in [-0.2, 0) is 11.4 Å². The van der Waals surface area contributed by atoms with Crippen LogP contribution in [0.4, 0.5) is 23.0 Å². The Morgan fingerprint density at radius 2 is 1.93 bits per heavy atom. The smallest absolute Gasteiger partial charge is 0.262 e. The van der Waals surface area contributed by atoms with E-state index in [2.05, 4.69) is 46.9 Å². The molecule has 12 nitrogen and oxygen atoms in total. The Bertz CT molecular complexity index is 1600. The molecule has 4 aromatic rings. The highest BCUT2D eigenvalue weighted by atomic mass is 16.3. The molecular weight excluding hydrogens is 512 g/mol. The Morgan fingerprint density at radius 3 is 2.67 bits per heavy atom. The Kier molecular flexibility index (Phi) is 8.10. The van der Waals surface area contributed by atoms with E-state index in [1.165, 1.54) is 12.3 Å². The first-order valence-corrected chi connectivity index (χ1v) is 12.9. The number of anilines is 4. The van der Waals surface area contributed by atoms with Crippen LogP contribution in [-0.4, -0.2) is 80.3 Å². The van der Waals surface area contributed by atoms with Crippen molar-refractivity contribution in [2.75, 3.05) is 54.9 Å². The third kappa shape index (κ3) is 5.99. The first-order valence-electron chi connectivity index (χ1n) is 12.9. The lowest BCUT2D eigenvalue weighted by molar-refractivity contribution is -0.111. The van der Waals surface area contributed by atoms with Gasteiger partial charge >= 0.3 is 0 Å². The summed E-state index contributed by atoms with van der Waals surface area (Å²) in [6.45, 7) is 7.48. The number of hydrogen-bond acceptors (Lipinski definition) is 10. The second kappa shape index (κ2) is 12.0. The number of carbonyl (C=O) groups is 1. The maximum absolute atomic E-state index is 12.8. The predicted molar refractivity (Wildman–Crippen MR) is 154 cm³/mol. The van der Waals surface area contributed by atoms with Crippen molar-refractivity contribution in [1.82, 2.24) is 24.8 Å². The van der Waals surface area contributed by atoms with Crippen LogP contribution < -0.4 is 21.1 Å². The number of rotatable bonds is 9. The topological polar surface area (TPSA) is 160 Å². The number of amides is 1. The number of H-pyrrole nitrogens is 1. The van der Waals surface area contributed by atoms with Crippen LogP contribution in [0.25, 0.3) is 22.4 Å². The van der Waals surface area contributed by atoms with Crippen molar-refractivity contribution in [3.8, 4) is 11.4 Å². The van der Waals surface area contributed by atoms with E-state index >= 15 is 0 Å². The normalized spacial score (nSPS) is 13.8. The van der Waals surface area contributed by atoms with Gasteiger partial charge in [0.05, 0.1) is 13.2 Å². The molecule has 1 amide bonds. The van der Waals surface area contributed by atoms with Gasteiger partial charge in [-0.2, -0.15) is 4.98 Å². The summed E-state index contributed by atoms with van der Waals surface area (Å²) in [5.41, 5.74) is 3.23. The van der Waals surface area contributed by atoms with Crippen molar-refractivity contribution in [2.24, 2.45) is 0 Å². The number of hydrogen-bond donors (Lipinski definition) is 5. The van der Waals surface area contributed by atoms with Gasteiger partial charge in [0.15, 0.2) is 5.65 Å². The Hall–Kier alpha value is -4.65. The Morgan fingerprint density at radius 1 is 1.10 bits per heavy atom. The fraction of sp³-hybridized carbons (Fsp3) is 0.250. The zero-order chi connectivity index (χ0) is 28.1. The molecular formula is C28H30N8O4. The summed E-state index contributed by atoms with van der Waals surface area (Å²) in [6.07, 6.45) is 2.57. The molecule has 0 spiro atoms. The van der Waals surface area contributed by atoms with Gasteiger partial charge in [-0.05, 0) is 36.4 Å². The molecule has 1 aliphatic heterocycles. The highest BCUT2D eigenvalue weighted by Gasteiger charge is 2.18. The predicted octanol–water partition coefficient (Wildman–Crippen LogP) is 1.85. The number of nitrogens with one attached hydrogen (secondary N) is 3. The summed E-state index contributed by atoms with van der Waals surface area (Å²) in [5.74, 6) is 0.163. The molecule has 3 heterocycles. The standard InChI is InChI=1S/C28H30N8O4/c1-2-24(39)30-20-5-3-4-18(14-20)25-32-26-22(27(40)33-25)16-29-28(34-26)31-23-7-6-21(15-19(23)17-38)36-10-8-35(9-11-36)12-13-37/h2-7,14-16,37-38H,1,8-13,17H2,(H,30,39)(H2,29,31,32,33,34,40). The van der Waals surface area contributed by atoms with Crippen LogP contribution in [0.2, 0.25) is 0 Å². The maximum Gasteiger partial charge on any atom is 0.262 e. The fourth-order valence-corrected chi connectivity index (χ4v) is 4.58. The van der Waals surface area contributed by atoms with E-state index in [0.29, 0.717) is 29.0 Å². The zero-order valence-corrected chi connectivity index (χ0v) is 21.8. The number of aliphatic hydroxyl groups excluding tert-OH is 2. The number of piperazine rings is 1. The first-order chi connectivity index (χ1) is 19.5. The summed E-state index contributed by atoms with van der Waals surface area (Å²) in [5, 5.41) is 25.3. The molecule has 0 saturated carbocycles. The Balaban J connectivity index is 1.38. The van der Waals surface area contributed by atoms with E-state index in [1.807, 2.05) is 18.2 Å². The minimum Gasteiger partial charge on any atom is -0.395 e. The fourth-order valence-electron chi connectivity index (χ4n) is 4.58. The molecule has 206 valence electrons. The molecule has 0 aliphatic carbocycles. The van der Waals surface area contributed by atoms with E-state index in [0.717, 1.165) is 31.9 Å². The lowest BCUT2D eigenvalue weighted by atomic mass is 10.1. The highest BCUT2D eigenvalue weighted by Crippen LogP contribution is 2.27. The number of aromatic nitrogens is 4. The largest absolute Gasteiger partial charge is 0.395 e. The lowest BCUT2D eigenvalue weighted by Gasteiger charge is -2.36. The van der Waals surface area contributed by atoms with Crippen molar-refractivity contribution >= 4 is 40.0 Å². The molecule has 1 aliphatic rings. The average molecular weight is 543 g/mol. The summed E-state index contributed by atoms with van der Waals surface area (Å²) < 4.78 is 0. The van der Waals surface area contributed by atoms with Gasteiger partial charge in [0.1, 0.15) is 11.2 Å². The van der Waals surface area contributed by atoms with Crippen LogP contribution in [0, 0.1) is 0 Å². The number of carbonyl (C=O) groups excluding carboxylic acids is 1. The number of nitrogens with zero attached hydrogens (tertiary/aromatic N) is 5. The van der Waals surface area contributed by atoms with Gasteiger partial charge in [-0.25, -0.2) is 9.97 Å². The van der Waals surface area contributed by atoms with Gasteiger partial charge in [0, 0.05) is 67.1 Å². The number of fused-ring (bicyclic) bond motifs is 1. The van der Waals surface area contributed by atoms with Gasteiger partial charge in [-0.15, -0.1) is 0 Å². The Labute approximate surface area is 230 Å². The molecule has 0 bridgehead atoms. The molecule has 5 N–H and O–H groups in total. The number of β-amino-alcohol motifs (C(OH)–C–C–N with tert-alkyl or cyclic N) is 1. The second-order valence-corrected chi connectivity index (χ2v) is 9.30. The van der Waals surface area contributed by atoms with Gasteiger partial charge in [-0.3, -0.25) is 14.5 Å². The lowest BCUT2D eigenvalue weighted by Crippen LogP contribution is -2.47. The number of aromatic amines is 1. The van der Waals surface area contributed by atoms with Crippen LogP contribution in [0.3, 0.4) is 0 Å². The van der Waals surface area contributed by atoms with E-state index < -0.39 is 5.56 Å². The molecule has 2 aromatic heterocycles. The summed E-state index contributed by atoms with van der Waals surface area (Å²) in [7, 11) is 0. The molecule has 0 unspecified atom stereocenters. The second-order valence-electron chi connectivity index (χ2n) is 9.30. The third-order valence-electron chi connectivity index (χ3n) is 6.71. The monoisotopic (exact) mass is 542 g/mol. The summed E-state index contributed by atoms with van der Waals surface area (Å²) in [4.78, 5) is 44.9. The van der Waals surface area contributed by atoms with Crippen molar-refractivity contribution in [1.29, 1.82) is 0 Å². The highest BCUT2D eigenvalue weighted by molar-refractivity contribution is 5.99. The van der Waals surface area contributed by atoms with E-state index in [9.17, 15) is 14.7 Å². The molecule has 40 heavy (non-hydrogen) atoms. The quantitative estimate of drug-likeness (QED) is 0.198. The van der Waals surface area contributed by atoms with Gasteiger partial charge in [0.25, 0.3) is 5.56 Å². The number of aliphatic hydroxyl groups is 2. The first kappa shape index (κ1) is 26.9. The molecule has 0 radical (unpaired) electrons. The van der Waals surface area contributed by atoms with Crippen molar-refractivity contribution in [3.05, 3.63) is 77.2 Å². The SMILES string of the molecule is C=CC(=O)Nc1cccc(-c2nc3nc(Nc4ccc(N5CCN(CCO)CC5)cc4CO)ncc3c(=O)[nH]2)c1. The molecule has 2 aromatic carbocycles. The van der Waals surface area contributed by atoms with Crippen molar-refractivity contribution in [2.45, 2.75) is 6.61 Å². The molecule has 1 saturated heterocycles. The van der Waals surface area contributed by atoms with Crippen LogP contribution in [0.1, 0.15) is 5.56 Å². The van der Waals surface area contributed by atoms with Gasteiger partial charge in [0.2, 0.25) is 11.9 Å². The minimum atomic E-state index is -0.397.